The minimum atomic E-state index is 0.200. The Balaban J connectivity index is 1.57. The smallest absolute Gasteiger partial charge is 0.170 e. The molecule has 134 valence electrons. The molecule has 1 saturated heterocycles. The van der Waals surface area contributed by atoms with Crippen LogP contribution in [0, 0.1) is 0 Å². The van der Waals surface area contributed by atoms with Crippen molar-refractivity contribution in [2.24, 2.45) is 0 Å². The number of ether oxygens (including phenoxy) is 1. The molecule has 6 heteroatoms. The topological polar surface area (TPSA) is 49.7 Å². The van der Waals surface area contributed by atoms with Crippen molar-refractivity contribution in [3.05, 3.63) is 48.4 Å². The van der Waals surface area contributed by atoms with Crippen LogP contribution in [-0.4, -0.2) is 36.8 Å². The van der Waals surface area contributed by atoms with Crippen LogP contribution in [0.4, 0.5) is 5.69 Å². The fourth-order valence-electron chi connectivity index (χ4n) is 3.16. The number of benzene rings is 1. The predicted octanol–water partition coefficient (Wildman–Crippen LogP) is 3.80. The number of methoxy groups -OCH3 is 1. The summed E-state index contributed by atoms with van der Waals surface area (Å²) in [6.07, 6.45) is 5.53. The maximum atomic E-state index is 5.67. The minimum absolute atomic E-state index is 0.200. The lowest BCUT2D eigenvalue weighted by Gasteiger charge is -2.33. The summed E-state index contributed by atoms with van der Waals surface area (Å²) in [5.41, 5.74) is 0.936. The average Bonchev–Trinajstić information content (AvgIpc) is 3.18. The second kappa shape index (κ2) is 8.87. The van der Waals surface area contributed by atoms with Crippen molar-refractivity contribution < 1.29 is 9.15 Å². The monoisotopic (exact) mass is 359 g/mol. The molecule has 3 rings (SSSR count). The van der Waals surface area contributed by atoms with Gasteiger partial charge in [-0.25, -0.2) is 0 Å². The largest absolute Gasteiger partial charge is 0.497 e. The predicted molar refractivity (Wildman–Crippen MR) is 104 cm³/mol. The maximum absolute atomic E-state index is 5.67. The summed E-state index contributed by atoms with van der Waals surface area (Å²) in [5.74, 6) is 1.81. The number of furan rings is 1. The summed E-state index contributed by atoms with van der Waals surface area (Å²) >= 11 is 5.44. The van der Waals surface area contributed by atoms with E-state index in [0.29, 0.717) is 5.11 Å². The molecule has 1 aromatic heterocycles. The molecule has 0 aliphatic carbocycles. The van der Waals surface area contributed by atoms with Gasteiger partial charge in [0.15, 0.2) is 5.11 Å². The minimum Gasteiger partial charge on any atom is -0.497 e. The van der Waals surface area contributed by atoms with E-state index in [-0.39, 0.29) is 6.04 Å². The highest BCUT2D eigenvalue weighted by Gasteiger charge is 2.24. The van der Waals surface area contributed by atoms with Crippen LogP contribution in [0.5, 0.6) is 5.75 Å². The van der Waals surface area contributed by atoms with E-state index in [1.165, 1.54) is 19.3 Å². The Kier molecular flexibility index (Phi) is 6.30. The molecule has 0 bridgehead atoms. The molecule has 2 aromatic rings. The van der Waals surface area contributed by atoms with E-state index in [1.54, 1.807) is 13.4 Å². The first kappa shape index (κ1) is 17.8. The quantitative estimate of drug-likeness (QED) is 0.765. The maximum Gasteiger partial charge on any atom is 0.170 e. The lowest BCUT2D eigenvalue weighted by molar-refractivity contribution is 0.146. The van der Waals surface area contributed by atoms with Gasteiger partial charge in [-0.05, 0) is 74.5 Å². The Morgan fingerprint density at radius 1 is 1.20 bits per heavy atom. The number of anilines is 1. The van der Waals surface area contributed by atoms with Crippen LogP contribution in [0.15, 0.2) is 47.1 Å². The SMILES string of the molecule is COc1ccc(NC(=S)NCC(c2ccco2)N2CCCCC2)cc1. The molecule has 1 aliphatic rings. The Morgan fingerprint density at radius 3 is 2.60 bits per heavy atom. The van der Waals surface area contributed by atoms with Gasteiger partial charge in [-0.3, -0.25) is 4.90 Å². The summed E-state index contributed by atoms with van der Waals surface area (Å²) in [7, 11) is 1.66. The van der Waals surface area contributed by atoms with Crippen LogP contribution in [0.1, 0.15) is 31.1 Å². The molecule has 0 radical (unpaired) electrons. The van der Waals surface area contributed by atoms with Gasteiger partial charge in [0.25, 0.3) is 0 Å². The van der Waals surface area contributed by atoms with Gasteiger partial charge >= 0.3 is 0 Å². The zero-order chi connectivity index (χ0) is 17.5. The molecule has 1 aromatic carbocycles. The van der Waals surface area contributed by atoms with Gasteiger partial charge in [0.2, 0.25) is 0 Å². The van der Waals surface area contributed by atoms with E-state index in [0.717, 1.165) is 36.8 Å². The number of rotatable bonds is 6. The third kappa shape index (κ3) is 4.96. The molecule has 2 heterocycles. The molecule has 0 saturated carbocycles. The first-order valence-corrected chi connectivity index (χ1v) is 9.13. The Bertz CT molecular complexity index is 652. The molecule has 0 spiro atoms. The Labute approximate surface area is 154 Å². The van der Waals surface area contributed by atoms with Gasteiger partial charge in [-0.1, -0.05) is 6.42 Å². The third-order valence-electron chi connectivity index (χ3n) is 4.51. The molecule has 1 unspecified atom stereocenters. The van der Waals surface area contributed by atoms with E-state index < -0.39 is 0 Å². The van der Waals surface area contributed by atoms with E-state index in [9.17, 15) is 0 Å². The van der Waals surface area contributed by atoms with E-state index in [1.807, 2.05) is 36.4 Å². The van der Waals surface area contributed by atoms with Crippen molar-refractivity contribution in [1.29, 1.82) is 0 Å². The Hall–Kier alpha value is -2.05. The van der Waals surface area contributed by atoms with Crippen LogP contribution < -0.4 is 15.4 Å². The summed E-state index contributed by atoms with van der Waals surface area (Å²) in [4.78, 5) is 2.48. The lowest BCUT2D eigenvalue weighted by atomic mass is 10.1. The fraction of sp³-hybridized carbons (Fsp3) is 0.421. The second-order valence-corrected chi connectivity index (χ2v) is 6.60. The highest BCUT2D eigenvalue weighted by Crippen LogP contribution is 2.24. The summed E-state index contributed by atoms with van der Waals surface area (Å²) in [5, 5.41) is 7.16. The summed E-state index contributed by atoms with van der Waals surface area (Å²) < 4.78 is 10.8. The molecular formula is C19H25N3O2S. The first-order valence-electron chi connectivity index (χ1n) is 8.72. The number of hydrogen-bond donors (Lipinski definition) is 2. The normalized spacial score (nSPS) is 16.2. The summed E-state index contributed by atoms with van der Waals surface area (Å²) in [6, 6.07) is 11.9. The van der Waals surface area contributed by atoms with E-state index >= 15 is 0 Å². The number of thiocarbonyl (C=S) groups is 1. The van der Waals surface area contributed by atoms with Crippen molar-refractivity contribution in [2.45, 2.75) is 25.3 Å². The molecule has 1 fully saturated rings. The van der Waals surface area contributed by atoms with Crippen LogP contribution in [0.3, 0.4) is 0 Å². The van der Waals surface area contributed by atoms with Gasteiger partial charge in [-0.2, -0.15) is 0 Å². The zero-order valence-corrected chi connectivity index (χ0v) is 15.3. The van der Waals surface area contributed by atoms with Gasteiger partial charge in [0.05, 0.1) is 19.4 Å². The van der Waals surface area contributed by atoms with Crippen molar-refractivity contribution >= 4 is 23.0 Å². The fourth-order valence-corrected chi connectivity index (χ4v) is 3.36. The van der Waals surface area contributed by atoms with Crippen molar-refractivity contribution in [3.63, 3.8) is 0 Å². The molecule has 5 nitrogen and oxygen atoms in total. The number of piperidine rings is 1. The standard InChI is InChI=1S/C19H25N3O2S/c1-23-16-9-7-15(8-10-16)21-19(25)20-14-17(18-6-5-13-24-18)22-11-3-2-4-12-22/h5-10,13,17H,2-4,11-12,14H2,1H3,(H2,20,21,25). The van der Waals surface area contributed by atoms with Gasteiger partial charge in [0.1, 0.15) is 11.5 Å². The van der Waals surface area contributed by atoms with E-state index in [4.69, 9.17) is 21.4 Å². The number of likely N-dealkylation sites (tertiary alicyclic amines) is 1. The first-order chi connectivity index (χ1) is 12.3. The lowest BCUT2D eigenvalue weighted by Crippen LogP contribution is -2.41. The third-order valence-corrected chi connectivity index (χ3v) is 4.75. The van der Waals surface area contributed by atoms with Gasteiger partial charge < -0.3 is 19.8 Å². The average molecular weight is 359 g/mol. The molecule has 25 heavy (non-hydrogen) atoms. The zero-order valence-electron chi connectivity index (χ0n) is 14.5. The highest BCUT2D eigenvalue weighted by atomic mass is 32.1. The highest BCUT2D eigenvalue weighted by molar-refractivity contribution is 7.80. The van der Waals surface area contributed by atoms with Crippen LogP contribution in [0.25, 0.3) is 0 Å². The number of nitrogens with one attached hydrogen (secondary N) is 2. The molecule has 0 amide bonds. The Morgan fingerprint density at radius 2 is 1.96 bits per heavy atom. The van der Waals surface area contributed by atoms with Crippen molar-refractivity contribution in [3.8, 4) is 5.75 Å². The van der Waals surface area contributed by atoms with Crippen LogP contribution in [0.2, 0.25) is 0 Å². The molecule has 1 aliphatic heterocycles. The van der Waals surface area contributed by atoms with Gasteiger partial charge in [0, 0.05) is 12.2 Å². The molecule has 2 N–H and O–H groups in total. The molecular weight excluding hydrogens is 334 g/mol. The van der Waals surface area contributed by atoms with Crippen molar-refractivity contribution in [2.75, 3.05) is 32.1 Å². The second-order valence-electron chi connectivity index (χ2n) is 6.19. The molecule has 1 atom stereocenters. The number of hydrogen-bond acceptors (Lipinski definition) is 4. The van der Waals surface area contributed by atoms with Crippen molar-refractivity contribution in [1.82, 2.24) is 10.2 Å². The van der Waals surface area contributed by atoms with Crippen LogP contribution in [-0.2, 0) is 0 Å². The van der Waals surface area contributed by atoms with Crippen LogP contribution >= 0.6 is 12.2 Å². The summed E-state index contributed by atoms with van der Waals surface area (Å²) in [6.45, 7) is 2.92. The number of nitrogens with zero attached hydrogens (tertiary/aromatic N) is 1. The van der Waals surface area contributed by atoms with Gasteiger partial charge in [-0.15, -0.1) is 0 Å². The van der Waals surface area contributed by atoms with E-state index in [2.05, 4.69) is 15.5 Å².